The Morgan fingerprint density at radius 1 is 1.55 bits per heavy atom. The molecule has 0 amide bonds. The van der Waals surface area contributed by atoms with E-state index in [1.54, 1.807) is 18.4 Å². The summed E-state index contributed by atoms with van der Waals surface area (Å²) in [4.78, 5) is 0. The maximum atomic E-state index is 10.9. The molecular weight excluding hydrogens is 158 g/mol. The first-order valence-corrected chi connectivity index (χ1v) is 4.88. The van der Waals surface area contributed by atoms with Crippen LogP contribution in [0.5, 0.6) is 0 Å². The molecule has 0 spiro atoms. The van der Waals surface area contributed by atoms with E-state index in [2.05, 4.69) is 6.07 Å². The standard InChI is InChI=1S/C8H10NOS/c1-11(10)8(9)7-5-3-2-4-6-7/h3-6,8H,9H2,1H3. The van der Waals surface area contributed by atoms with Crippen LogP contribution in [-0.4, -0.2) is 10.8 Å². The van der Waals surface area contributed by atoms with Gasteiger partial charge in [0.15, 0.2) is 5.37 Å². The van der Waals surface area contributed by atoms with E-state index < -0.39 is 11.2 Å². The van der Waals surface area contributed by atoms with Gasteiger partial charge in [-0.05, 0) is 17.2 Å². The lowest BCUT2D eigenvalue weighted by Gasteiger charge is -2.13. The van der Waals surface area contributed by atoms with E-state index in [4.69, 9.17) is 5.73 Å². The van der Waals surface area contributed by atoms with Gasteiger partial charge in [-0.3, -0.25) is 5.73 Å². The molecule has 0 saturated heterocycles. The molecule has 1 radical (unpaired) electrons. The normalized spacial score (nSPS) is 15.9. The van der Waals surface area contributed by atoms with E-state index in [9.17, 15) is 4.55 Å². The van der Waals surface area contributed by atoms with Gasteiger partial charge in [-0.2, -0.15) is 0 Å². The molecule has 59 valence electrons. The van der Waals surface area contributed by atoms with Crippen molar-refractivity contribution in [2.75, 3.05) is 6.26 Å². The van der Waals surface area contributed by atoms with E-state index in [1.807, 2.05) is 12.1 Å². The topological polar surface area (TPSA) is 49.1 Å². The molecule has 11 heavy (non-hydrogen) atoms. The molecule has 0 heterocycles. The van der Waals surface area contributed by atoms with Gasteiger partial charge in [0, 0.05) is 5.56 Å². The Bertz CT molecular complexity index is 213. The molecule has 2 nitrogen and oxygen atoms in total. The van der Waals surface area contributed by atoms with Crippen LogP contribution in [0.4, 0.5) is 0 Å². The molecule has 1 rings (SSSR count). The molecule has 0 fully saturated rings. The summed E-state index contributed by atoms with van der Waals surface area (Å²) in [5.74, 6) is 0. The molecule has 2 unspecified atom stereocenters. The van der Waals surface area contributed by atoms with Crippen molar-refractivity contribution in [2.24, 2.45) is 5.73 Å². The number of nitrogens with two attached hydrogens (primary N) is 1. The van der Waals surface area contributed by atoms with Crippen LogP contribution in [0.2, 0.25) is 0 Å². The molecule has 1 aromatic rings. The number of benzene rings is 1. The fourth-order valence-corrected chi connectivity index (χ4v) is 1.32. The largest absolute Gasteiger partial charge is 0.615 e. The average molecular weight is 168 g/mol. The van der Waals surface area contributed by atoms with Crippen LogP contribution < -0.4 is 5.73 Å². The zero-order chi connectivity index (χ0) is 8.27. The molecule has 0 aliphatic carbocycles. The summed E-state index contributed by atoms with van der Waals surface area (Å²) in [6.07, 6.45) is 1.60. The van der Waals surface area contributed by atoms with Crippen molar-refractivity contribution in [1.29, 1.82) is 0 Å². The second-order valence-electron chi connectivity index (χ2n) is 2.25. The Morgan fingerprint density at radius 2 is 2.09 bits per heavy atom. The minimum atomic E-state index is -0.997. The summed E-state index contributed by atoms with van der Waals surface area (Å²) in [6, 6.07) is 10.1. The third kappa shape index (κ3) is 2.22. The Hall–Kier alpha value is -0.510. The van der Waals surface area contributed by atoms with Gasteiger partial charge in [-0.25, -0.2) is 0 Å². The number of hydrogen-bond acceptors (Lipinski definition) is 2. The summed E-state index contributed by atoms with van der Waals surface area (Å²) < 4.78 is 10.9. The maximum absolute atomic E-state index is 10.9. The van der Waals surface area contributed by atoms with Gasteiger partial charge >= 0.3 is 0 Å². The molecule has 2 N–H and O–H groups in total. The highest BCUT2D eigenvalue weighted by Crippen LogP contribution is 2.14. The summed E-state index contributed by atoms with van der Waals surface area (Å²) in [6.45, 7) is 0. The fraction of sp³-hybridized carbons (Fsp3) is 0.250. The van der Waals surface area contributed by atoms with Gasteiger partial charge in [0.25, 0.3) is 0 Å². The van der Waals surface area contributed by atoms with Crippen molar-refractivity contribution < 1.29 is 4.55 Å². The summed E-state index contributed by atoms with van der Waals surface area (Å²) in [5, 5.41) is -0.371. The SMILES string of the molecule is C[S+]([O-])C(N)c1cc[c]cc1. The lowest BCUT2D eigenvalue weighted by molar-refractivity contribution is 0.589. The molecule has 0 aromatic heterocycles. The summed E-state index contributed by atoms with van der Waals surface area (Å²) >= 11 is -0.997. The second kappa shape index (κ2) is 3.76. The van der Waals surface area contributed by atoms with Crippen molar-refractivity contribution >= 4 is 11.2 Å². The first kappa shape index (κ1) is 8.59. The molecule has 3 heteroatoms. The van der Waals surface area contributed by atoms with Crippen LogP contribution in [-0.2, 0) is 11.2 Å². The molecule has 0 bridgehead atoms. The summed E-state index contributed by atoms with van der Waals surface area (Å²) in [7, 11) is 0. The lowest BCUT2D eigenvalue weighted by Crippen LogP contribution is -2.20. The number of hydrogen-bond donors (Lipinski definition) is 1. The van der Waals surface area contributed by atoms with Crippen molar-refractivity contribution in [3.63, 3.8) is 0 Å². The highest BCUT2D eigenvalue weighted by atomic mass is 32.2. The van der Waals surface area contributed by atoms with Crippen LogP contribution in [0.15, 0.2) is 24.3 Å². The smallest absolute Gasteiger partial charge is 0.190 e. The summed E-state index contributed by atoms with van der Waals surface area (Å²) in [5.41, 5.74) is 6.52. The van der Waals surface area contributed by atoms with E-state index in [-0.39, 0.29) is 5.37 Å². The Kier molecular flexibility index (Phi) is 2.93. The fourth-order valence-electron chi connectivity index (χ4n) is 0.781. The zero-order valence-electron chi connectivity index (χ0n) is 6.28. The van der Waals surface area contributed by atoms with Crippen molar-refractivity contribution in [3.05, 3.63) is 35.9 Å². The van der Waals surface area contributed by atoms with Crippen LogP contribution in [0, 0.1) is 6.07 Å². The van der Waals surface area contributed by atoms with Gasteiger partial charge in [-0.15, -0.1) is 0 Å². The molecule has 0 aliphatic rings. The van der Waals surface area contributed by atoms with Gasteiger partial charge in [0.2, 0.25) is 0 Å². The second-order valence-corrected chi connectivity index (χ2v) is 3.76. The third-order valence-corrected chi connectivity index (χ3v) is 2.42. The van der Waals surface area contributed by atoms with Gasteiger partial charge in [0.05, 0.1) is 6.26 Å². The van der Waals surface area contributed by atoms with Gasteiger partial charge < -0.3 is 4.55 Å². The van der Waals surface area contributed by atoms with Crippen LogP contribution in [0.25, 0.3) is 0 Å². The highest BCUT2D eigenvalue weighted by molar-refractivity contribution is 7.90. The van der Waals surface area contributed by atoms with E-state index in [0.29, 0.717) is 0 Å². The Labute approximate surface area is 69.6 Å². The molecular formula is C8H10NOS. The van der Waals surface area contributed by atoms with E-state index in [1.165, 1.54) is 0 Å². The quantitative estimate of drug-likeness (QED) is 0.665. The zero-order valence-corrected chi connectivity index (χ0v) is 7.10. The first-order valence-electron chi connectivity index (χ1n) is 3.25. The third-order valence-electron chi connectivity index (χ3n) is 1.43. The Balaban J connectivity index is 2.77. The first-order chi connectivity index (χ1) is 5.22. The molecule has 1 aromatic carbocycles. The van der Waals surface area contributed by atoms with Crippen LogP contribution >= 0.6 is 0 Å². The monoisotopic (exact) mass is 168 g/mol. The van der Waals surface area contributed by atoms with E-state index >= 15 is 0 Å². The average Bonchev–Trinajstić information content (AvgIpc) is 2.05. The highest BCUT2D eigenvalue weighted by Gasteiger charge is 2.13. The minimum Gasteiger partial charge on any atom is -0.615 e. The predicted octanol–water partition coefficient (Wildman–Crippen LogP) is 0.823. The van der Waals surface area contributed by atoms with Crippen LogP contribution in [0.1, 0.15) is 10.9 Å². The lowest BCUT2D eigenvalue weighted by atomic mass is 10.2. The molecule has 2 atom stereocenters. The van der Waals surface area contributed by atoms with Crippen molar-refractivity contribution in [1.82, 2.24) is 0 Å². The van der Waals surface area contributed by atoms with Crippen molar-refractivity contribution in [2.45, 2.75) is 5.37 Å². The maximum Gasteiger partial charge on any atom is 0.190 e. The van der Waals surface area contributed by atoms with Crippen LogP contribution in [0.3, 0.4) is 0 Å². The predicted molar refractivity (Wildman–Crippen MR) is 46.3 cm³/mol. The minimum absolute atomic E-state index is 0.371. The van der Waals surface area contributed by atoms with Crippen molar-refractivity contribution in [3.8, 4) is 0 Å². The molecule has 0 saturated carbocycles. The van der Waals surface area contributed by atoms with E-state index in [0.717, 1.165) is 5.56 Å². The molecule has 0 aliphatic heterocycles. The Morgan fingerprint density at radius 3 is 2.55 bits per heavy atom. The van der Waals surface area contributed by atoms with Gasteiger partial charge in [-0.1, -0.05) is 24.3 Å². The van der Waals surface area contributed by atoms with Gasteiger partial charge in [0.1, 0.15) is 0 Å². The number of rotatable bonds is 2.